The third-order valence-corrected chi connectivity index (χ3v) is 3.77. The zero-order chi connectivity index (χ0) is 12.7. The lowest BCUT2D eigenvalue weighted by Crippen LogP contribution is -2.05. The number of fused-ring (bicyclic) bond motifs is 1. The highest BCUT2D eigenvalue weighted by atomic mass is 79.9. The van der Waals surface area contributed by atoms with E-state index in [0.717, 1.165) is 21.3 Å². The summed E-state index contributed by atoms with van der Waals surface area (Å²) in [5, 5.41) is 0. The second-order valence-corrected chi connectivity index (χ2v) is 5.43. The molecule has 0 aliphatic carbocycles. The van der Waals surface area contributed by atoms with Crippen molar-refractivity contribution in [2.45, 2.75) is 6.54 Å². The SMILES string of the molecule is Cn1ccnc1Cn1c(=S)[nH]c2cc(Br)ccc21. The molecule has 0 spiro atoms. The van der Waals surface area contributed by atoms with Gasteiger partial charge in [-0.25, -0.2) is 4.98 Å². The Hall–Kier alpha value is -1.40. The van der Waals surface area contributed by atoms with Crippen molar-refractivity contribution in [1.82, 2.24) is 19.1 Å². The third-order valence-electron chi connectivity index (χ3n) is 2.96. The van der Waals surface area contributed by atoms with Gasteiger partial charge in [-0.05, 0) is 30.4 Å². The summed E-state index contributed by atoms with van der Waals surface area (Å²) in [5.74, 6) is 0.981. The molecule has 0 fully saturated rings. The van der Waals surface area contributed by atoms with Crippen molar-refractivity contribution < 1.29 is 0 Å². The number of halogens is 1. The predicted molar refractivity (Wildman–Crippen MR) is 77.1 cm³/mol. The molecule has 2 heterocycles. The minimum Gasteiger partial charge on any atom is -0.337 e. The van der Waals surface area contributed by atoms with Gasteiger partial charge in [0.1, 0.15) is 5.82 Å². The Morgan fingerprint density at radius 2 is 2.28 bits per heavy atom. The number of aromatic amines is 1. The van der Waals surface area contributed by atoms with E-state index in [1.807, 2.05) is 29.9 Å². The van der Waals surface area contributed by atoms with Gasteiger partial charge in [-0.15, -0.1) is 0 Å². The standard InChI is InChI=1S/C12H11BrN4S/c1-16-5-4-14-11(16)7-17-10-3-2-8(13)6-9(10)15-12(17)18/h2-6H,7H2,1H3,(H,15,18). The molecule has 1 N–H and O–H groups in total. The van der Waals surface area contributed by atoms with Crippen LogP contribution in [-0.4, -0.2) is 19.1 Å². The first-order chi connectivity index (χ1) is 8.65. The summed E-state index contributed by atoms with van der Waals surface area (Å²) < 4.78 is 5.81. The topological polar surface area (TPSA) is 38.5 Å². The zero-order valence-corrected chi connectivity index (χ0v) is 12.1. The molecule has 6 heteroatoms. The van der Waals surface area contributed by atoms with Crippen molar-refractivity contribution in [3.05, 3.63) is 45.7 Å². The van der Waals surface area contributed by atoms with E-state index in [-0.39, 0.29) is 0 Å². The Kier molecular flexibility index (Phi) is 2.83. The molecule has 0 bridgehead atoms. The summed E-state index contributed by atoms with van der Waals surface area (Å²) in [7, 11) is 1.98. The van der Waals surface area contributed by atoms with Gasteiger partial charge in [0.2, 0.25) is 0 Å². The van der Waals surface area contributed by atoms with Crippen LogP contribution in [0.3, 0.4) is 0 Å². The van der Waals surface area contributed by atoms with Gasteiger partial charge >= 0.3 is 0 Å². The molecule has 0 unspecified atom stereocenters. The number of aryl methyl sites for hydroxylation is 1. The largest absolute Gasteiger partial charge is 0.337 e. The Balaban J connectivity index is 2.15. The van der Waals surface area contributed by atoms with Crippen molar-refractivity contribution in [3.8, 4) is 0 Å². The highest BCUT2D eigenvalue weighted by molar-refractivity contribution is 9.10. The monoisotopic (exact) mass is 322 g/mol. The average Bonchev–Trinajstić information content (AvgIpc) is 2.85. The Bertz CT molecular complexity index is 768. The predicted octanol–water partition coefficient (Wildman–Crippen LogP) is 3.24. The highest BCUT2D eigenvalue weighted by Crippen LogP contribution is 2.20. The number of hydrogen-bond donors (Lipinski definition) is 1. The molecule has 0 amide bonds. The fourth-order valence-corrected chi connectivity index (χ4v) is 2.62. The minimum atomic E-state index is 0.671. The molecule has 3 aromatic rings. The van der Waals surface area contributed by atoms with E-state index in [1.165, 1.54) is 0 Å². The van der Waals surface area contributed by atoms with Gasteiger partial charge in [0.25, 0.3) is 0 Å². The van der Waals surface area contributed by atoms with Crippen LogP contribution in [0.15, 0.2) is 35.1 Å². The normalized spacial score (nSPS) is 11.2. The number of H-pyrrole nitrogens is 1. The smallest absolute Gasteiger partial charge is 0.178 e. The quantitative estimate of drug-likeness (QED) is 0.735. The Morgan fingerprint density at radius 3 is 3.00 bits per heavy atom. The summed E-state index contributed by atoms with van der Waals surface area (Å²) in [6, 6.07) is 6.09. The Labute approximate surface area is 117 Å². The maximum Gasteiger partial charge on any atom is 0.178 e. The number of imidazole rings is 2. The summed E-state index contributed by atoms with van der Waals surface area (Å²) >= 11 is 8.83. The molecule has 18 heavy (non-hydrogen) atoms. The molecule has 0 atom stereocenters. The Morgan fingerprint density at radius 1 is 1.44 bits per heavy atom. The second kappa shape index (κ2) is 4.37. The maximum atomic E-state index is 5.37. The molecule has 2 aromatic heterocycles. The van der Waals surface area contributed by atoms with Gasteiger partial charge in [-0.1, -0.05) is 15.9 Å². The number of hydrogen-bond acceptors (Lipinski definition) is 2. The van der Waals surface area contributed by atoms with Gasteiger partial charge in [0.15, 0.2) is 4.77 Å². The summed E-state index contributed by atoms with van der Waals surface area (Å²) in [6.45, 7) is 0.671. The lowest BCUT2D eigenvalue weighted by atomic mass is 10.3. The van der Waals surface area contributed by atoms with E-state index in [9.17, 15) is 0 Å². The van der Waals surface area contributed by atoms with Crippen LogP contribution in [0.5, 0.6) is 0 Å². The molecule has 3 rings (SSSR count). The molecule has 0 aliphatic heterocycles. The van der Waals surface area contributed by atoms with Crippen LogP contribution >= 0.6 is 28.1 Å². The van der Waals surface area contributed by atoms with E-state index in [0.29, 0.717) is 11.3 Å². The number of nitrogens with one attached hydrogen (secondary N) is 1. The number of aromatic nitrogens is 4. The molecule has 0 saturated carbocycles. The lowest BCUT2D eigenvalue weighted by Gasteiger charge is -2.04. The van der Waals surface area contributed by atoms with Crippen LogP contribution < -0.4 is 0 Å². The summed E-state index contributed by atoms with van der Waals surface area (Å²) in [6.07, 6.45) is 3.73. The maximum absolute atomic E-state index is 5.37. The average molecular weight is 323 g/mol. The number of rotatable bonds is 2. The van der Waals surface area contributed by atoms with Gasteiger partial charge in [0, 0.05) is 23.9 Å². The van der Waals surface area contributed by atoms with Gasteiger partial charge in [0.05, 0.1) is 17.6 Å². The van der Waals surface area contributed by atoms with E-state index in [1.54, 1.807) is 6.20 Å². The minimum absolute atomic E-state index is 0.671. The van der Waals surface area contributed by atoms with Gasteiger partial charge < -0.3 is 14.1 Å². The van der Waals surface area contributed by atoms with E-state index >= 15 is 0 Å². The fourth-order valence-electron chi connectivity index (χ4n) is 1.98. The first kappa shape index (κ1) is 11.7. The summed E-state index contributed by atoms with van der Waals surface area (Å²) in [5.41, 5.74) is 2.12. The summed E-state index contributed by atoms with van der Waals surface area (Å²) in [4.78, 5) is 7.54. The van der Waals surface area contributed by atoms with Crippen molar-refractivity contribution in [1.29, 1.82) is 0 Å². The van der Waals surface area contributed by atoms with Crippen LogP contribution in [0.4, 0.5) is 0 Å². The highest BCUT2D eigenvalue weighted by Gasteiger charge is 2.07. The molecule has 0 saturated heterocycles. The van der Waals surface area contributed by atoms with Crippen LogP contribution in [-0.2, 0) is 13.6 Å². The van der Waals surface area contributed by atoms with Crippen LogP contribution in [0.25, 0.3) is 11.0 Å². The van der Waals surface area contributed by atoms with Gasteiger partial charge in [-0.2, -0.15) is 0 Å². The molecule has 1 aromatic carbocycles. The van der Waals surface area contributed by atoms with Crippen molar-refractivity contribution in [2.75, 3.05) is 0 Å². The van der Waals surface area contributed by atoms with E-state index < -0.39 is 0 Å². The zero-order valence-electron chi connectivity index (χ0n) is 9.72. The van der Waals surface area contributed by atoms with Gasteiger partial charge in [-0.3, -0.25) is 0 Å². The van der Waals surface area contributed by atoms with Crippen LogP contribution in [0.1, 0.15) is 5.82 Å². The van der Waals surface area contributed by atoms with Crippen LogP contribution in [0, 0.1) is 4.77 Å². The molecule has 92 valence electrons. The molecular weight excluding hydrogens is 312 g/mol. The molecule has 0 aliphatic rings. The van der Waals surface area contributed by atoms with E-state index in [4.69, 9.17) is 12.2 Å². The van der Waals surface area contributed by atoms with Crippen LogP contribution in [0.2, 0.25) is 0 Å². The molecule has 0 radical (unpaired) electrons. The molecular formula is C12H11BrN4S. The fraction of sp³-hybridized carbons (Fsp3) is 0.167. The first-order valence-electron chi connectivity index (χ1n) is 5.49. The van der Waals surface area contributed by atoms with Crippen molar-refractivity contribution in [3.63, 3.8) is 0 Å². The van der Waals surface area contributed by atoms with Crippen molar-refractivity contribution >= 4 is 39.2 Å². The second-order valence-electron chi connectivity index (χ2n) is 4.13. The molecule has 4 nitrogen and oxygen atoms in total. The lowest BCUT2D eigenvalue weighted by molar-refractivity contribution is 0.707. The number of benzene rings is 1. The van der Waals surface area contributed by atoms with E-state index in [2.05, 4.69) is 36.5 Å². The first-order valence-corrected chi connectivity index (χ1v) is 6.69. The third kappa shape index (κ3) is 1.91. The van der Waals surface area contributed by atoms with Crippen molar-refractivity contribution in [2.24, 2.45) is 7.05 Å². The number of nitrogens with zero attached hydrogens (tertiary/aromatic N) is 3.